The number of methoxy groups -OCH3 is 1. The first kappa shape index (κ1) is 25.5. The van der Waals surface area contributed by atoms with Crippen LogP contribution in [0, 0.1) is 12.8 Å². The molecule has 38 heavy (non-hydrogen) atoms. The molecule has 0 saturated carbocycles. The van der Waals surface area contributed by atoms with Gasteiger partial charge in [0.15, 0.2) is 5.78 Å². The van der Waals surface area contributed by atoms with Gasteiger partial charge in [-0.05, 0) is 42.3 Å². The number of nitrogens with zero attached hydrogens (tertiary/aromatic N) is 1. The minimum absolute atomic E-state index is 0.00649. The van der Waals surface area contributed by atoms with E-state index in [-0.39, 0.29) is 23.1 Å². The molecule has 1 aliphatic rings. The number of hydrogen-bond donors (Lipinski definition) is 0. The number of sulfonamides is 1. The number of benzene rings is 4. The lowest BCUT2D eigenvalue weighted by atomic mass is 9.78. The van der Waals surface area contributed by atoms with E-state index in [1.807, 2.05) is 73.7 Å². The van der Waals surface area contributed by atoms with Gasteiger partial charge in [-0.25, -0.2) is 8.42 Å². The molecule has 4 aromatic carbocycles. The van der Waals surface area contributed by atoms with E-state index in [1.54, 1.807) is 55.6 Å². The zero-order valence-corrected chi connectivity index (χ0v) is 22.1. The molecular formula is C32H29NO4S. The highest BCUT2D eigenvalue weighted by atomic mass is 32.2. The fourth-order valence-corrected chi connectivity index (χ4v) is 6.43. The second-order valence-electron chi connectivity index (χ2n) is 9.41. The number of carbonyl (C=O) groups excluding carboxylic acids is 1. The summed E-state index contributed by atoms with van der Waals surface area (Å²) in [5, 5.41) is 0. The van der Waals surface area contributed by atoms with E-state index in [0.717, 1.165) is 16.7 Å². The zero-order valence-electron chi connectivity index (χ0n) is 21.3. The number of carbonyl (C=O) groups is 1. The number of rotatable bonds is 7. The Bertz CT molecular complexity index is 1560. The van der Waals surface area contributed by atoms with Gasteiger partial charge in [0, 0.05) is 18.0 Å². The highest BCUT2D eigenvalue weighted by molar-refractivity contribution is 7.89. The quantitative estimate of drug-likeness (QED) is 0.266. The van der Waals surface area contributed by atoms with Gasteiger partial charge in [-0.1, -0.05) is 96.6 Å². The monoisotopic (exact) mass is 523 g/mol. The van der Waals surface area contributed by atoms with Crippen LogP contribution in [0.2, 0.25) is 0 Å². The molecule has 6 heteroatoms. The summed E-state index contributed by atoms with van der Waals surface area (Å²) in [6, 6.07) is 33.1. The van der Waals surface area contributed by atoms with Crippen LogP contribution >= 0.6 is 0 Å². The minimum atomic E-state index is -3.96. The van der Waals surface area contributed by atoms with Gasteiger partial charge in [0.2, 0.25) is 0 Å². The summed E-state index contributed by atoms with van der Waals surface area (Å²) in [6.07, 6.45) is 1.93. The largest absolute Gasteiger partial charge is 0.497 e. The van der Waals surface area contributed by atoms with Crippen LogP contribution in [0.5, 0.6) is 5.75 Å². The van der Waals surface area contributed by atoms with E-state index in [1.165, 1.54) is 4.31 Å². The van der Waals surface area contributed by atoms with Crippen molar-refractivity contribution in [1.82, 2.24) is 4.31 Å². The van der Waals surface area contributed by atoms with Crippen LogP contribution in [0.1, 0.15) is 33.0 Å². The Hall–Kier alpha value is -4.16. The summed E-state index contributed by atoms with van der Waals surface area (Å²) >= 11 is 0. The second-order valence-corrected chi connectivity index (χ2v) is 11.3. The Morgan fingerprint density at radius 3 is 2.16 bits per heavy atom. The predicted molar refractivity (Wildman–Crippen MR) is 149 cm³/mol. The third-order valence-corrected chi connectivity index (χ3v) is 8.75. The summed E-state index contributed by atoms with van der Waals surface area (Å²) in [5.41, 5.74) is 3.75. The third-order valence-electron chi connectivity index (χ3n) is 6.96. The summed E-state index contributed by atoms with van der Waals surface area (Å²) < 4.78 is 34.9. The second kappa shape index (κ2) is 10.7. The van der Waals surface area contributed by atoms with Gasteiger partial charge in [-0.2, -0.15) is 0 Å². The molecule has 5 rings (SSSR count). The lowest BCUT2D eigenvalue weighted by Crippen LogP contribution is -2.42. The van der Waals surface area contributed by atoms with E-state index in [0.29, 0.717) is 17.0 Å². The summed E-state index contributed by atoms with van der Waals surface area (Å²) in [7, 11) is -2.40. The molecule has 192 valence electrons. The maximum atomic E-state index is 14.1. The first-order valence-electron chi connectivity index (χ1n) is 12.5. The molecule has 5 nitrogen and oxygen atoms in total. The molecule has 0 saturated heterocycles. The van der Waals surface area contributed by atoms with E-state index < -0.39 is 15.9 Å². The van der Waals surface area contributed by atoms with Gasteiger partial charge >= 0.3 is 0 Å². The van der Waals surface area contributed by atoms with Crippen LogP contribution in [0.3, 0.4) is 0 Å². The fraction of sp³-hybridized carbons (Fsp3) is 0.156. The molecule has 1 heterocycles. The highest BCUT2D eigenvalue weighted by Crippen LogP contribution is 2.41. The van der Waals surface area contributed by atoms with Crippen LogP contribution in [0.4, 0.5) is 0 Å². The molecule has 0 aliphatic carbocycles. The van der Waals surface area contributed by atoms with Gasteiger partial charge < -0.3 is 4.74 Å². The maximum Gasteiger partial charge on any atom is 0.264 e. The number of allylic oxidation sites excluding steroid dienone is 1. The van der Waals surface area contributed by atoms with E-state index in [2.05, 4.69) is 0 Å². The summed E-state index contributed by atoms with van der Waals surface area (Å²) in [4.78, 5) is 14.2. The Labute approximate surface area is 224 Å². The Balaban J connectivity index is 1.69. The van der Waals surface area contributed by atoms with Crippen molar-refractivity contribution in [2.24, 2.45) is 5.92 Å². The standard InChI is InChI=1S/C32H29NO4S/c1-23-16-18-28(19-17-23)38(35,36)33-22-30(32(34)26-14-9-15-27(20-26)37-2)29(24-10-5-3-6-11-24)21-31(33)25-12-7-4-8-13-25/h3-21,29-30H,22H2,1-2H3. The third kappa shape index (κ3) is 5.00. The maximum absolute atomic E-state index is 14.1. The molecule has 0 fully saturated rings. The summed E-state index contributed by atoms with van der Waals surface area (Å²) in [6.45, 7) is 1.92. The molecule has 0 aromatic heterocycles. The number of Topliss-reactive ketones (excluding diaryl/α,β-unsaturated/α-hetero) is 1. The van der Waals surface area contributed by atoms with Crippen molar-refractivity contribution in [3.05, 3.63) is 138 Å². The van der Waals surface area contributed by atoms with E-state index in [9.17, 15) is 13.2 Å². The first-order chi connectivity index (χ1) is 18.4. The molecule has 0 radical (unpaired) electrons. The molecular weight excluding hydrogens is 494 g/mol. The van der Waals surface area contributed by atoms with Crippen molar-refractivity contribution in [2.75, 3.05) is 13.7 Å². The van der Waals surface area contributed by atoms with Crippen molar-refractivity contribution in [2.45, 2.75) is 17.7 Å². The first-order valence-corrected chi connectivity index (χ1v) is 13.9. The van der Waals surface area contributed by atoms with Gasteiger partial charge in [0.05, 0.1) is 23.6 Å². The Kier molecular flexibility index (Phi) is 7.16. The van der Waals surface area contributed by atoms with Crippen LogP contribution in [0.25, 0.3) is 5.70 Å². The molecule has 2 atom stereocenters. The average Bonchev–Trinajstić information content (AvgIpc) is 2.97. The van der Waals surface area contributed by atoms with Gasteiger partial charge in [0.1, 0.15) is 5.75 Å². The molecule has 0 amide bonds. The smallest absolute Gasteiger partial charge is 0.264 e. The molecule has 0 bridgehead atoms. The van der Waals surface area contributed by atoms with Crippen molar-refractivity contribution in [3.63, 3.8) is 0 Å². The molecule has 1 aliphatic heterocycles. The topological polar surface area (TPSA) is 63.7 Å². The summed E-state index contributed by atoms with van der Waals surface area (Å²) in [5.74, 6) is -0.524. The lowest BCUT2D eigenvalue weighted by molar-refractivity contribution is 0.0896. The molecule has 0 N–H and O–H groups in total. The number of aryl methyl sites for hydroxylation is 1. The van der Waals surface area contributed by atoms with Crippen LogP contribution in [0.15, 0.2) is 120 Å². The minimum Gasteiger partial charge on any atom is -0.497 e. The zero-order chi connectivity index (χ0) is 26.7. The van der Waals surface area contributed by atoms with Crippen LogP contribution in [-0.4, -0.2) is 32.2 Å². The van der Waals surface area contributed by atoms with Crippen molar-refractivity contribution in [3.8, 4) is 5.75 Å². The molecule has 0 spiro atoms. The fourth-order valence-electron chi connectivity index (χ4n) is 4.91. The lowest BCUT2D eigenvalue weighted by Gasteiger charge is -2.38. The van der Waals surface area contributed by atoms with Crippen LogP contribution in [-0.2, 0) is 10.0 Å². The van der Waals surface area contributed by atoms with Crippen molar-refractivity contribution in [1.29, 1.82) is 0 Å². The van der Waals surface area contributed by atoms with Gasteiger partial charge in [-0.15, -0.1) is 0 Å². The van der Waals surface area contributed by atoms with Crippen molar-refractivity contribution < 1.29 is 17.9 Å². The van der Waals surface area contributed by atoms with Gasteiger partial charge in [-0.3, -0.25) is 9.10 Å². The van der Waals surface area contributed by atoms with Crippen molar-refractivity contribution >= 4 is 21.5 Å². The highest BCUT2D eigenvalue weighted by Gasteiger charge is 2.40. The van der Waals surface area contributed by atoms with E-state index >= 15 is 0 Å². The normalized spacial score (nSPS) is 17.5. The number of ether oxygens (including phenoxy) is 1. The Morgan fingerprint density at radius 2 is 1.50 bits per heavy atom. The van der Waals surface area contributed by atoms with Crippen LogP contribution < -0.4 is 4.74 Å². The molecule has 2 unspecified atom stereocenters. The number of hydrogen-bond acceptors (Lipinski definition) is 4. The average molecular weight is 524 g/mol. The predicted octanol–water partition coefficient (Wildman–Crippen LogP) is 6.33. The van der Waals surface area contributed by atoms with Gasteiger partial charge in [0.25, 0.3) is 10.0 Å². The molecule has 4 aromatic rings. The SMILES string of the molecule is COc1cccc(C(=O)C2CN(S(=O)(=O)c3ccc(C)cc3)C(c3ccccc3)=CC2c2ccccc2)c1. The van der Waals surface area contributed by atoms with E-state index in [4.69, 9.17) is 4.74 Å². The number of ketones is 1. The Morgan fingerprint density at radius 1 is 0.842 bits per heavy atom.